The summed E-state index contributed by atoms with van der Waals surface area (Å²) >= 11 is 0. The van der Waals surface area contributed by atoms with Crippen molar-refractivity contribution in [1.82, 2.24) is 0 Å². The Labute approximate surface area is 271 Å². The van der Waals surface area contributed by atoms with Gasteiger partial charge in [-0.05, 0) is 32.1 Å². The van der Waals surface area contributed by atoms with Crippen LogP contribution in [0.15, 0.2) is 0 Å². The zero-order valence-electron chi connectivity index (χ0n) is 29.4. The number of unbranched alkanes of at least 4 members (excludes halogenated alkanes) is 23. The molecule has 7 nitrogen and oxygen atoms in total. The maximum absolute atomic E-state index is 12.0. The van der Waals surface area contributed by atoms with Crippen molar-refractivity contribution in [3.05, 3.63) is 0 Å². The fourth-order valence-electron chi connectivity index (χ4n) is 5.71. The average Bonchev–Trinajstić information content (AvgIpc) is 2.96. The molecule has 0 aromatic heterocycles. The molecule has 0 amide bonds. The molecule has 0 saturated carbocycles. The number of rotatable bonds is 34. The van der Waals surface area contributed by atoms with Crippen LogP contribution in [0.25, 0.3) is 0 Å². The van der Waals surface area contributed by atoms with Crippen LogP contribution in [0.1, 0.15) is 180 Å². The van der Waals surface area contributed by atoms with E-state index in [1.54, 1.807) is 0 Å². The Kier molecular flexibility index (Phi) is 30.2. The number of carbonyl (C=O) groups is 3. The molecule has 7 heteroatoms. The van der Waals surface area contributed by atoms with Gasteiger partial charge >= 0.3 is 17.9 Å². The fraction of sp³-hybridized carbons (Fsp3) is 0.919. The van der Waals surface area contributed by atoms with Gasteiger partial charge in [-0.2, -0.15) is 0 Å². The van der Waals surface area contributed by atoms with Crippen LogP contribution in [0, 0.1) is 0 Å². The lowest BCUT2D eigenvalue weighted by molar-refractivity contribution is -0.890. The van der Waals surface area contributed by atoms with Gasteiger partial charge in [-0.15, -0.1) is 0 Å². The molecular formula is C37H72NO6+. The number of ether oxygens (including phenoxy) is 2. The minimum Gasteiger partial charge on any atom is -0.481 e. The predicted molar refractivity (Wildman–Crippen MR) is 182 cm³/mol. The smallest absolute Gasteiger partial charge is 0.305 e. The number of likely N-dealkylation sites (N-methyl/N-ethyl adjacent to an activating group) is 1. The van der Waals surface area contributed by atoms with Gasteiger partial charge in [0.05, 0.1) is 27.2 Å². The van der Waals surface area contributed by atoms with Crippen LogP contribution in [-0.2, 0) is 23.9 Å². The molecule has 0 aliphatic carbocycles. The van der Waals surface area contributed by atoms with Crippen molar-refractivity contribution in [1.29, 1.82) is 0 Å². The second-order valence-electron chi connectivity index (χ2n) is 13.7. The second-order valence-corrected chi connectivity index (χ2v) is 13.7. The van der Waals surface area contributed by atoms with Crippen molar-refractivity contribution >= 4 is 17.9 Å². The topological polar surface area (TPSA) is 89.9 Å². The van der Waals surface area contributed by atoms with Crippen molar-refractivity contribution in [3.63, 3.8) is 0 Å². The summed E-state index contributed by atoms with van der Waals surface area (Å²) in [5, 5.41) is 8.63. The normalized spacial score (nSPS) is 11.5. The molecule has 0 bridgehead atoms. The summed E-state index contributed by atoms with van der Waals surface area (Å²) in [5.41, 5.74) is 0. The van der Waals surface area contributed by atoms with Gasteiger partial charge in [0, 0.05) is 19.8 Å². The maximum atomic E-state index is 12.0. The predicted octanol–water partition coefficient (Wildman–Crippen LogP) is 9.79. The highest BCUT2D eigenvalue weighted by Gasteiger charge is 2.14. The number of aliphatic carboxylic acids is 1. The Morgan fingerprint density at radius 3 is 1.23 bits per heavy atom. The molecule has 260 valence electrons. The summed E-state index contributed by atoms with van der Waals surface area (Å²) in [6.07, 6.45) is 31.5. The average molecular weight is 627 g/mol. The Hall–Kier alpha value is -1.63. The number of carbonyl (C=O) groups excluding carboxylic acids is 2. The highest BCUT2D eigenvalue weighted by atomic mass is 16.5. The number of hydrogen-bond donors (Lipinski definition) is 1. The quantitative estimate of drug-likeness (QED) is 0.0434. The Morgan fingerprint density at radius 2 is 0.818 bits per heavy atom. The third kappa shape index (κ3) is 34.9. The highest BCUT2D eigenvalue weighted by Crippen LogP contribution is 2.15. The molecule has 0 fully saturated rings. The summed E-state index contributed by atoms with van der Waals surface area (Å²) in [6.45, 7) is 4.56. The second kappa shape index (κ2) is 31.4. The summed E-state index contributed by atoms with van der Waals surface area (Å²) in [6, 6.07) is 0. The molecule has 0 atom stereocenters. The van der Waals surface area contributed by atoms with Gasteiger partial charge in [-0.25, -0.2) is 0 Å². The number of nitrogens with zero attached hydrogens (tertiary/aromatic N) is 1. The van der Waals surface area contributed by atoms with Crippen LogP contribution < -0.4 is 0 Å². The molecule has 0 aliphatic heterocycles. The van der Waals surface area contributed by atoms with Crippen molar-refractivity contribution in [2.45, 2.75) is 180 Å². The van der Waals surface area contributed by atoms with Gasteiger partial charge in [0.1, 0.15) is 13.2 Å². The first-order valence-electron chi connectivity index (χ1n) is 18.6. The molecule has 0 unspecified atom stereocenters. The Bertz CT molecular complexity index is 681. The third-order valence-electron chi connectivity index (χ3n) is 8.69. The van der Waals surface area contributed by atoms with Crippen molar-refractivity contribution < 1.29 is 33.4 Å². The minimum atomic E-state index is -0.670. The van der Waals surface area contributed by atoms with Crippen LogP contribution in [-0.4, -0.2) is 67.9 Å². The van der Waals surface area contributed by atoms with E-state index in [0.29, 0.717) is 26.1 Å². The van der Waals surface area contributed by atoms with Gasteiger partial charge in [0.2, 0.25) is 0 Å². The van der Waals surface area contributed by atoms with Crippen molar-refractivity contribution in [3.8, 4) is 0 Å². The standard InChI is InChI=1S/C37H71NO6/c1-35(39)43-34-32-38(2,3)31-27-23-19-15-12-16-20-24-28-33-44-37(42)30-26-22-18-14-11-9-7-5-4-6-8-10-13-17-21-25-29-36(40)41/h4-34H2,1-3H3/p+1. The number of hydrogen-bond acceptors (Lipinski definition) is 5. The first kappa shape index (κ1) is 42.4. The molecule has 0 aliphatic rings. The lowest BCUT2D eigenvalue weighted by Crippen LogP contribution is -2.43. The highest BCUT2D eigenvalue weighted by molar-refractivity contribution is 5.69. The van der Waals surface area contributed by atoms with Crippen molar-refractivity contribution in [2.24, 2.45) is 0 Å². The van der Waals surface area contributed by atoms with Gasteiger partial charge in [-0.3, -0.25) is 14.4 Å². The van der Waals surface area contributed by atoms with Crippen LogP contribution >= 0.6 is 0 Å². The van der Waals surface area contributed by atoms with Crippen LogP contribution in [0.2, 0.25) is 0 Å². The molecule has 0 saturated heterocycles. The molecule has 0 rings (SSSR count). The SMILES string of the molecule is CC(=O)OCC[N+](C)(C)CCCCCCCCCCCOC(=O)CCCCCCCCCCCCCCCCCCC(=O)O. The molecular weight excluding hydrogens is 554 g/mol. The zero-order valence-corrected chi connectivity index (χ0v) is 29.4. The van der Waals surface area contributed by atoms with E-state index in [9.17, 15) is 14.4 Å². The van der Waals surface area contributed by atoms with Gasteiger partial charge in [0.15, 0.2) is 0 Å². The Balaban J connectivity index is 3.26. The lowest BCUT2D eigenvalue weighted by Gasteiger charge is -2.29. The first-order valence-corrected chi connectivity index (χ1v) is 18.6. The van der Waals surface area contributed by atoms with Gasteiger partial charge in [0.25, 0.3) is 0 Å². The van der Waals surface area contributed by atoms with E-state index < -0.39 is 5.97 Å². The third-order valence-corrected chi connectivity index (χ3v) is 8.69. The summed E-state index contributed by atoms with van der Waals surface area (Å²) < 4.78 is 11.4. The molecule has 1 N–H and O–H groups in total. The molecule has 0 radical (unpaired) electrons. The van der Waals surface area contributed by atoms with E-state index >= 15 is 0 Å². The van der Waals surface area contributed by atoms with E-state index in [4.69, 9.17) is 14.6 Å². The molecule has 0 aromatic rings. The lowest BCUT2D eigenvalue weighted by atomic mass is 10.0. The maximum Gasteiger partial charge on any atom is 0.305 e. The Morgan fingerprint density at radius 1 is 0.455 bits per heavy atom. The van der Waals surface area contributed by atoms with Gasteiger partial charge < -0.3 is 19.1 Å². The molecule has 44 heavy (non-hydrogen) atoms. The van der Waals surface area contributed by atoms with Crippen LogP contribution in [0.4, 0.5) is 0 Å². The molecule has 0 heterocycles. The van der Waals surface area contributed by atoms with E-state index in [0.717, 1.165) is 56.1 Å². The van der Waals surface area contributed by atoms with Crippen LogP contribution in [0.5, 0.6) is 0 Å². The largest absolute Gasteiger partial charge is 0.481 e. The number of carboxylic acids is 1. The van der Waals surface area contributed by atoms with Crippen molar-refractivity contribution in [2.75, 3.05) is 40.4 Å². The number of esters is 2. The molecule has 0 aromatic carbocycles. The number of carboxylic acid groups (broad SMARTS) is 1. The first-order chi connectivity index (χ1) is 21.2. The van der Waals surface area contributed by atoms with E-state index in [2.05, 4.69) is 14.1 Å². The number of quaternary nitrogens is 1. The van der Waals surface area contributed by atoms with E-state index in [1.807, 2.05) is 0 Å². The fourth-order valence-corrected chi connectivity index (χ4v) is 5.71. The monoisotopic (exact) mass is 627 g/mol. The van der Waals surface area contributed by atoms with Gasteiger partial charge in [-0.1, -0.05) is 128 Å². The van der Waals surface area contributed by atoms with Crippen LogP contribution in [0.3, 0.4) is 0 Å². The molecule has 0 spiro atoms. The summed E-state index contributed by atoms with van der Waals surface area (Å²) in [7, 11) is 4.41. The van der Waals surface area contributed by atoms with E-state index in [-0.39, 0.29) is 11.9 Å². The minimum absolute atomic E-state index is 0.0173. The summed E-state index contributed by atoms with van der Waals surface area (Å²) in [4.78, 5) is 33.3. The zero-order chi connectivity index (χ0) is 32.6. The summed E-state index contributed by atoms with van der Waals surface area (Å²) in [5.74, 6) is -0.882. The van der Waals surface area contributed by atoms with E-state index in [1.165, 1.54) is 129 Å².